The molecule has 36 heavy (non-hydrogen) atoms. The second-order valence-corrected chi connectivity index (χ2v) is 9.45. The first-order valence-electron chi connectivity index (χ1n) is 12.2. The predicted molar refractivity (Wildman–Crippen MR) is 156 cm³/mol. The average molecular weight is 461 g/mol. The number of benzene rings is 7. The molecule has 0 aliphatic carbocycles. The molecule has 0 aromatic heterocycles. The minimum Gasteiger partial charge on any atom is -0.397 e. The number of hydrogen-bond donors (Lipinski definition) is 2. The molecular formula is C34H24N2. The van der Waals surface area contributed by atoms with Crippen molar-refractivity contribution in [2.24, 2.45) is 0 Å². The average Bonchev–Trinajstić information content (AvgIpc) is 2.92. The smallest absolute Gasteiger partial charge is 0.0633 e. The number of rotatable bonds is 2. The Morgan fingerprint density at radius 2 is 0.944 bits per heavy atom. The third-order valence-electron chi connectivity index (χ3n) is 7.32. The Hall–Kier alpha value is -4.82. The van der Waals surface area contributed by atoms with Crippen molar-refractivity contribution in [2.45, 2.75) is 0 Å². The quantitative estimate of drug-likeness (QED) is 0.154. The van der Waals surface area contributed by atoms with Gasteiger partial charge in [-0.1, -0.05) is 84.9 Å². The summed E-state index contributed by atoms with van der Waals surface area (Å²) in [6, 6.07) is 43.0. The lowest BCUT2D eigenvalue weighted by atomic mass is 9.86. The van der Waals surface area contributed by atoms with E-state index in [1.54, 1.807) is 0 Å². The maximum Gasteiger partial charge on any atom is 0.0633 e. The van der Waals surface area contributed by atoms with E-state index in [2.05, 4.69) is 109 Å². The van der Waals surface area contributed by atoms with Gasteiger partial charge < -0.3 is 11.5 Å². The number of anilines is 2. The number of nitrogens with two attached hydrogens (primary N) is 2. The molecule has 0 fully saturated rings. The van der Waals surface area contributed by atoms with Gasteiger partial charge in [-0.05, 0) is 96.2 Å². The zero-order chi connectivity index (χ0) is 24.2. The highest BCUT2D eigenvalue weighted by molar-refractivity contribution is 6.21. The highest BCUT2D eigenvalue weighted by atomic mass is 14.7. The van der Waals surface area contributed by atoms with E-state index in [0.717, 1.165) is 22.3 Å². The summed E-state index contributed by atoms with van der Waals surface area (Å²) >= 11 is 0. The van der Waals surface area contributed by atoms with Gasteiger partial charge in [0.1, 0.15) is 0 Å². The van der Waals surface area contributed by atoms with Crippen molar-refractivity contribution in [3.63, 3.8) is 0 Å². The van der Waals surface area contributed by atoms with Gasteiger partial charge in [-0.3, -0.25) is 0 Å². The van der Waals surface area contributed by atoms with Gasteiger partial charge in [0, 0.05) is 5.56 Å². The number of fused-ring (bicyclic) bond motifs is 5. The van der Waals surface area contributed by atoms with Crippen LogP contribution in [-0.4, -0.2) is 0 Å². The van der Waals surface area contributed by atoms with Crippen molar-refractivity contribution < 1.29 is 0 Å². The van der Waals surface area contributed by atoms with Crippen LogP contribution in [0.25, 0.3) is 65.3 Å². The molecule has 0 saturated heterocycles. The van der Waals surface area contributed by atoms with Crippen LogP contribution in [0.4, 0.5) is 11.4 Å². The van der Waals surface area contributed by atoms with Crippen molar-refractivity contribution >= 4 is 54.5 Å². The molecule has 7 aromatic rings. The van der Waals surface area contributed by atoms with Gasteiger partial charge in [0.2, 0.25) is 0 Å². The Morgan fingerprint density at radius 1 is 0.389 bits per heavy atom. The molecule has 2 heteroatoms. The molecule has 7 aromatic carbocycles. The Bertz CT molecular complexity index is 1950. The lowest BCUT2D eigenvalue weighted by molar-refractivity contribution is 1.59. The van der Waals surface area contributed by atoms with Gasteiger partial charge in [-0.2, -0.15) is 0 Å². The van der Waals surface area contributed by atoms with E-state index >= 15 is 0 Å². The fourth-order valence-corrected chi connectivity index (χ4v) is 5.52. The van der Waals surface area contributed by atoms with Gasteiger partial charge in [0.05, 0.1) is 11.4 Å². The fraction of sp³-hybridized carbons (Fsp3) is 0. The number of nitrogen functional groups attached to an aromatic ring is 2. The summed E-state index contributed by atoms with van der Waals surface area (Å²) in [6.45, 7) is 0. The van der Waals surface area contributed by atoms with Gasteiger partial charge in [-0.25, -0.2) is 0 Å². The highest BCUT2D eigenvalue weighted by Crippen LogP contribution is 2.45. The molecule has 0 amide bonds. The first-order chi connectivity index (χ1) is 17.7. The molecular weight excluding hydrogens is 436 g/mol. The molecule has 4 N–H and O–H groups in total. The molecule has 0 aliphatic rings. The zero-order valence-corrected chi connectivity index (χ0v) is 19.7. The highest BCUT2D eigenvalue weighted by Gasteiger charge is 2.18. The third kappa shape index (κ3) is 3.12. The number of hydrogen-bond acceptors (Lipinski definition) is 2. The monoisotopic (exact) mass is 460 g/mol. The van der Waals surface area contributed by atoms with Crippen molar-refractivity contribution in [1.29, 1.82) is 0 Å². The minimum atomic E-state index is 0.595. The summed E-state index contributed by atoms with van der Waals surface area (Å²) in [5.41, 5.74) is 18.7. The first kappa shape index (κ1) is 20.5. The normalized spacial score (nSPS) is 11.6. The molecule has 170 valence electrons. The summed E-state index contributed by atoms with van der Waals surface area (Å²) < 4.78 is 0. The SMILES string of the molecule is Nc1ccc(-c2ccccc2)c(-c2cc3cc4ccccc4cc3c3cc4ccccc4cc23)c1N. The van der Waals surface area contributed by atoms with E-state index in [1.807, 2.05) is 12.1 Å². The Labute approximate surface area is 209 Å². The summed E-state index contributed by atoms with van der Waals surface area (Å²) in [5, 5.41) is 9.70. The van der Waals surface area contributed by atoms with Crippen molar-refractivity contribution in [3.8, 4) is 22.3 Å². The largest absolute Gasteiger partial charge is 0.397 e. The zero-order valence-electron chi connectivity index (χ0n) is 19.7. The first-order valence-corrected chi connectivity index (χ1v) is 12.2. The molecule has 0 unspecified atom stereocenters. The maximum absolute atomic E-state index is 6.77. The van der Waals surface area contributed by atoms with Crippen molar-refractivity contribution in [1.82, 2.24) is 0 Å². The minimum absolute atomic E-state index is 0.595. The summed E-state index contributed by atoms with van der Waals surface area (Å²) in [5.74, 6) is 0. The van der Waals surface area contributed by atoms with Crippen LogP contribution in [-0.2, 0) is 0 Å². The maximum atomic E-state index is 6.77. The van der Waals surface area contributed by atoms with E-state index < -0.39 is 0 Å². The van der Waals surface area contributed by atoms with Crippen molar-refractivity contribution in [3.05, 3.63) is 121 Å². The third-order valence-corrected chi connectivity index (χ3v) is 7.32. The van der Waals surface area contributed by atoms with Gasteiger partial charge in [0.15, 0.2) is 0 Å². The molecule has 0 spiro atoms. The van der Waals surface area contributed by atoms with Crippen LogP contribution in [0.2, 0.25) is 0 Å². The molecule has 0 bridgehead atoms. The second kappa shape index (κ2) is 7.86. The van der Waals surface area contributed by atoms with E-state index in [-0.39, 0.29) is 0 Å². The summed E-state index contributed by atoms with van der Waals surface area (Å²) in [4.78, 5) is 0. The molecule has 0 heterocycles. The topological polar surface area (TPSA) is 52.0 Å². The van der Waals surface area contributed by atoms with E-state index in [9.17, 15) is 0 Å². The van der Waals surface area contributed by atoms with E-state index in [0.29, 0.717) is 11.4 Å². The van der Waals surface area contributed by atoms with Crippen LogP contribution in [0.15, 0.2) is 121 Å². The molecule has 0 radical (unpaired) electrons. The van der Waals surface area contributed by atoms with Gasteiger partial charge >= 0.3 is 0 Å². The van der Waals surface area contributed by atoms with Crippen LogP contribution in [0, 0.1) is 0 Å². The summed E-state index contributed by atoms with van der Waals surface area (Å²) in [6.07, 6.45) is 0. The van der Waals surface area contributed by atoms with Crippen LogP contribution in [0.1, 0.15) is 0 Å². The standard InChI is InChI=1S/C34H24N2/c35-32-15-14-27(21-8-2-1-3-9-21)33(34(32)36)31-20-26-16-22-10-4-5-11-23(22)17-28(26)29-18-24-12-6-7-13-25(24)19-30(29)31/h1-20H,35-36H2. The lowest BCUT2D eigenvalue weighted by Gasteiger charge is -2.19. The van der Waals surface area contributed by atoms with E-state index in [4.69, 9.17) is 11.5 Å². The van der Waals surface area contributed by atoms with Gasteiger partial charge in [-0.15, -0.1) is 0 Å². The fourth-order valence-electron chi connectivity index (χ4n) is 5.52. The Kier molecular flexibility index (Phi) is 4.49. The molecule has 2 nitrogen and oxygen atoms in total. The Morgan fingerprint density at radius 3 is 1.61 bits per heavy atom. The van der Waals surface area contributed by atoms with Crippen molar-refractivity contribution in [2.75, 3.05) is 11.5 Å². The molecule has 0 saturated carbocycles. The molecule has 0 aliphatic heterocycles. The second-order valence-electron chi connectivity index (χ2n) is 9.45. The van der Waals surface area contributed by atoms with E-state index in [1.165, 1.54) is 43.1 Å². The molecule has 7 rings (SSSR count). The van der Waals surface area contributed by atoms with Crippen LogP contribution in [0.5, 0.6) is 0 Å². The van der Waals surface area contributed by atoms with Crippen LogP contribution in [0.3, 0.4) is 0 Å². The predicted octanol–water partition coefficient (Wildman–Crippen LogP) is 8.80. The summed E-state index contributed by atoms with van der Waals surface area (Å²) in [7, 11) is 0. The van der Waals surface area contributed by atoms with Gasteiger partial charge in [0.25, 0.3) is 0 Å². The van der Waals surface area contributed by atoms with Crippen LogP contribution >= 0.6 is 0 Å². The lowest BCUT2D eigenvalue weighted by Crippen LogP contribution is -2.00. The molecule has 0 atom stereocenters. The van der Waals surface area contributed by atoms with Crippen LogP contribution < -0.4 is 11.5 Å². The Balaban J connectivity index is 1.69.